The van der Waals surface area contributed by atoms with Crippen molar-refractivity contribution in [3.8, 4) is 11.5 Å². The first-order valence-electron chi connectivity index (χ1n) is 11.1. The Kier molecular flexibility index (Phi) is 5.86. The summed E-state index contributed by atoms with van der Waals surface area (Å²) in [5.41, 5.74) is 4.04. The van der Waals surface area contributed by atoms with E-state index in [0.717, 1.165) is 55.2 Å². The summed E-state index contributed by atoms with van der Waals surface area (Å²) in [4.78, 5) is 7.50. The molecule has 1 aromatic carbocycles. The molecule has 0 bridgehead atoms. The van der Waals surface area contributed by atoms with Gasteiger partial charge in [-0.1, -0.05) is 13.8 Å². The van der Waals surface area contributed by atoms with Gasteiger partial charge in [-0.05, 0) is 74.7 Å². The first-order valence-corrected chi connectivity index (χ1v) is 11.1. The zero-order chi connectivity index (χ0) is 20.4. The third-order valence-corrected chi connectivity index (χ3v) is 6.22. The van der Waals surface area contributed by atoms with Gasteiger partial charge in [-0.15, -0.1) is 0 Å². The Morgan fingerprint density at radius 2 is 1.86 bits per heavy atom. The SMILES string of the molecule is CCNc1nc2cc(OCCCN3CCCC3)c(OC)cc2c2c1CC(C)(C)C2. The second kappa shape index (κ2) is 8.39. The van der Waals surface area contributed by atoms with Gasteiger partial charge in [-0.3, -0.25) is 0 Å². The molecule has 2 heterocycles. The van der Waals surface area contributed by atoms with Gasteiger partial charge in [-0.2, -0.15) is 0 Å². The first-order chi connectivity index (χ1) is 14.0. The van der Waals surface area contributed by atoms with E-state index < -0.39 is 0 Å². The van der Waals surface area contributed by atoms with Crippen LogP contribution in [0.2, 0.25) is 0 Å². The summed E-state index contributed by atoms with van der Waals surface area (Å²) >= 11 is 0. The lowest BCUT2D eigenvalue weighted by molar-refractivity contribution is 0.254. The monoisotopic (exact) mass is 397 g/mol. The van der Waals surface area contributed by atoms with Gasteiger partial charge in [0.2, 0.25) is 0 Å². The van der Waals surface area contributed by atoms with Crippen molar-refractivity contribution in [1.82, 2.24) is 9.88 Å². The average Bonchev–Trinajstić information content (AvgIpc) is 3.32. The molecule has 0 spiro atoms. The van der Waals surface area contributed by atoms with E-state index in [0.29, 0.717) is 6.61 Å². The molecule has 1 aromatic heterocycles. The maximum Gasteiger partial charge on any atom is 0.163 e. The Bertz CT molecular complexity index is 872. The van der Waals surface area contributed by atoms with Crippen LogP contribution in [0.1, 0.15) is 51.2 Å². The van der Waals surface area contributed by atoms with E-state index in [1.165, 1.54) is 42.4 Å². The molecular weight excluding hydrogens is 362 g/mol. The van der Waals surface area contributed by atoms with Crippen molar-refractivity contribution in [2.45, 2.75) is 52.9 Å². The first kappa shape index (κ1) is 20.3. The third kappa shape index (κ3) is 4.30. The van der Waals surface area contributed by atoms with Crippen LogP contribution in [0, 0.1) is 5.41 Å². The number of hydrogen-bond acceptors (Lipinski definition) is 5. The van der Waals surface area contributed by atoms with Gasteiger partial charge in [0.25, 0.3) is 0 Å². The van der Waals surface area contributed by atoms with Gasteiger partial charge in [0.1, 0.15) is 5.82 Å². The fourth-order valence-electron chi connectivity index (χ4n) is 4.85. The predicted octanol–water partition coefficient (Wildman–Crippen LogP) is 4.66. The molecule has 1 aliphatic heterocycles. The van der Waals surface area contributed by atoms with Crippen LogP contribution in [-0.2, 0) is 12.8 Å². The highest BCUT2D eigenvalue weighted by Gasteiger charge is 2.33. The molecule has 0 unspecified atom stereocenters. The summed E-state index contributed by atoms with van der Waals surface area (Å²) in [6.07, 6.45) is 5.83. The number of rotatable bonds is 8. The van der Waals surface area contributed by atoms with Gasteiger partial charge >= 0.3 is 0 Å². The van der Waals surface area contributed by atoms with Crippen LogP contribution in [0.5, 0.6) is 11.5 Å². The highest BCUT2D eigenvalue weighted by atomic mass is 16.5. The Balaban J connectivity index is 1.60. The number of likely N-dealkylation sites (tertiary alicyclic amines) is 1. The maximum atomic E-state index is 6.14. The fraction of sp³-hybridized carbons (Fsp3) is 0.625. The molecule has 1 N–H and O–H groups in total. The van der Waals surface area contributed by atoms with E-state index in [2.05, 4.69) is 43.1 Å². The second-order valence-corrected chi connectivity index (χ2v) is 9.24. The number of anilines is 1. The minimum atomic E-state index is 0.264. The fourth-order valence-corrected chi connectivity index (χ4v) is 4.85. The van der Waals surface area contributed by atoms with Gasteiger partial charge in [0, 0.05) is 24.5 Å². The number of nitrogens with one attached hydrogen (secondary N) is 1. The third-order valence-electron chi connectivity index (χ3n) is 6.22. The lowest BCUT2D eigenvalue weighted by Gasteiger charge is -2.17. The Morgan fingerprint density at radius 1 is 1.10 bits per heavy atom. The van der Waals surface area contributed by atoms with Gasteiger partial charge in [0.05, 0.1) is 19.2 Å². The zero-order valence-electron chi connectivity index (χ0n) is 18.4. The molecule has 0 amide bonds. The van der Waals surface area contributed by atoms with E-state index in [9.17, 15) is 0 Å². The summed E-state index contributed by atoms with van der Waals surface area (Å²) in [5.74, 6) is 2.64. The molecule has 0 atom stereocenters. The van der Waals surface area contributed by atoms with E-state index in [-0.39, 0.29) is 5.41 Å². The number of methoxy groups -OCH3 is 1. The van der Waals surface area contributed by atoms with Crippen LogP contribution in [0.15, 0.2) is 12.1 Å². The number of benzene rings is 1. The number of aromatic nitrogens is 1. The summed E-state index contributed by atoms with van der Waals surface area (Å²) in [6, 6.07) is 4.20. The second-order valence-electron chi connectivity index (χ2n) is 9.24. The van der Waals surface area contributed by atoms with Crippen LogP contribution in [0.4, 0.5) is 5.82 Å². The highest BCUT2D eigenvalue weighted by molar-refractivity contribution is 5.89. The lowest BCUT2D eigenvalue weighted by Crippen LogP contribution is -2.21. The van der Waals surface area contributed by atoms with Gasteiger partial charge in [0.15, 0.2) is 11.5 Å². The summed E-state index contributed by atoms with van der Waals surface area (Å²) in [6.45, 7) is 12.0. The number of hydrogen-bond donors (Lipinski definition) is 1. The molecule has 0 saturated carbocycles. The molecule has 158 valence electrons. The average molecular weight is 398 g/mol. The quantitative estimate of drug-likeness (QED) is 0.656. The van der Waals surface area contributed by atoms with Crippen molar-refractivity contribution in [3.63, 3.8) is 0 Å². The van der Waals surface area contributed by atoms with Crippen LogP contribution in [0.3, 0.4) is 0 Å². The number of pyridine rings is 1. The van der Waals surface area contributed by atoms with Crippen molar-refractivity contribution in [2.75, 3.05) is 45.2 Å². The van der Waals surface area contributed by atoms with Crippen LogP contribution in [0.25, 0.3) is 10.9 Å². The summed E-state index contributed by atoms with van der Waals surface area (Å²) in [7, 11) is 1.73. The van der Waals surface area contributed by atoms with E-state index in [1.54, 1.807) is 7.11 Å². The van der Waals surface area contributed by atoms with Crippen LogP contribution >= 0.6 is 0 Å². The topological polar surface area (TPSA) is 46.6 Å². The predicted molar refractivity (Wildman–Crippen MR) is 119 cm³/mol. The minimum Gasteiger partial charge on any atom is -0.493 e. The van der Waals surface area contributed by atoms with Crippen molar-refractivity contribution >= 4 is 16.7 Å². The van der Waals surface area contributed by atoms with E-state index in [1.807, 2.05) is 0 Å². The summed E-state index contributed by atoms with van der Waals surface area (Å²) < 4.78 is 11.8. The van der Waals surface area contributed by atoms with Gasteiger partial charge in [-0.25, -0.2) is 4.98 Å². The molecule has 5 heteroatoms. The smallest absolute Gasteiger partial charge is 0.163 e. The molecule has 5 nitrogen and oxygen atoms in total. The normalized spacial score (nSPS) is 18.2. The lowest BCUT2D eigenvalue weighted by atomic mass is 9.90. The van der Waals surface area contributed by atoms with Gasteiger partial charge < -0.3 is 19.7 Å². The Hall–Kier alpha value is -2.01. The summed E-state index contributed by atoms with van der Waals surface area (Å²) in [5, 5.41) is 4.68. The number of nitrogens with zero attached hydrogens (tertiary/aromatic N) is 2. The van der Waals surface area contributed by atoms with Crippen LogP contribution in [-0.4, -0.2) is 49.8 Å². The molecule has 1 saturated heterocycles. The molecule has 1 aliphatic carbocycles. The van der Waals surface area contributed by atoms with E-state index in [4.69, 9.17) is 14.5 Å². The number of fused-ring (bicyclic) bond motifs is 3. The van der Waals surface area contributed by atoms with Crippen LogP contribution < -0.4 is 14.8 Å². The Morgan fingerprint density at radius 3 is 2.59 bits per heavy atom. The molecule has 2 aliphatic rings. The van der Waals surface area contributed by atoms with Crippen molar-refractivity contribution in [3.05, 3.63) is 23.3 Å². The molecule has 0 radical (unpaired) electrons. The molecule has 4 rings (SSSR count). The highest BCUT2D eigenvalue weighted by Crippen LogP contribution is 2.44. The minimum absolute atomic E-state index is 0.264. The molecule has 2 aromatic rings. The standard InChI is InChI=1S/C24H35N3O2/c1-5-25-23-19-16-24(2,3)15-18(19)17-13-21(28-4)22(14-20(17)26-23)29-12-8-11-27-9-6-7-10-27/h13-14H,5-12,15-16H2,1-4H3,(H,25,26). The maximum absolute atomic E-state index is 6.14. The molecule has 29 heavy (non-hydrogen) atoms. The van der Waals surface area contributed by atoms with Crippen molar-refractivity contribution < 1.29 is 9.47 Å². The van der Waals surface area contributed by atoms with Crippen molar-refractivity contribution in [2.24, 2.45) is 5.41 Å². The number of ether oxygens (including phenoxy) is 2. The van der Waals surface area contributed by atoms with Crippen molar-refractivity contribution in [1.29, 1.82) is 0 Å². The molecular formula is C24H35N3O2. The Labute approximate surface area is 174 Å². The van der Waals surface area contributed by atoms with E-state index >= 15 is 0 Å². The zero-order valence-corrected chi connectivity index (χ0v) is 18.4. The molecule has 1 fully saturated rings. The largest absolute Gasteiger partial charge is 0.493 e.